The van der Waals surface area contributed by atoms with Crippen molar-refractivity contribution in [3.63, 3.8) is 0 Å². The molecule has 0 aromatic heterocycles. The van der Waals surface area contributed by atoms with Gasteiger partial charge >= 0.3 is 0 Å². The first-order valence-corrected chi connectivity index (χ1v) is 6.75. The van der Waals surface area contributed by atoms with Gasteiger partial charge in [0, 0.05) is 37.3 Å². The summed E-state index contributed by atoms with van der Waals surface area (Å²) in [6.07, 6.45) is 2.49. The molecule has 1 N–H and O–H groups in total. The van der Waals surface area contributed by atoms with Crippen LogP contribution in [0, 0.1) is 0 Å². The largest absolute Gasteiger partial charge is 0.374 e. The van der Waals surface area contributed by atoms with Crippen molar-refractivity contribution in [1.82, 2.24) is 5.32 Å². The lowest BCUT2D eigenvalue weighted by Gasteiger charge is -2.17. The molecule has 1 fully saturated rings. The predicted molar refractivity (Wildman–Crippen MR) is 72.8 cm³/mol. The van der Waals surface area contributed by atoms with Gasteiger partial charge in [-0.15, -0.1) is 0 Å². The SMILES string of the molecule is CC1CC(c2ccc3c(c2)CCN3C)C(C)N1. The van der Waals surface area contributed by atoms with Crippen LogP contribution in [-0.2, 0) is 6.42 Å². The van der Waals surface area contributed by atoms with Crippen LogP contribution in [-0.4, -0.2) is 25.7 Å². The molecule has 0 saturated carbocycles. The van der Waals surface area contributed by atoms with Crippen LogP contribution in [0.25, 0.3) is 0 Å². The Hall–Kier alpha value is -1.02. The smallest absolute Gasteiger partial charge is 0.0397 e. The number of hydrogen-bond acceptors (Lipinski definition) is 2. The molecule has 0 amide bonds. The zero-order chi connectivity index (χ0) is 12.0. The lowest BCUT2D eigenvalue weighted by atomic mass is 9.90. The summed E-state index contributed by atoms with van der Waals surface area (Å²) in [4.78, 5) is 2.36. The topological polar surface area (TPSA) is 15.3 Å². The van der Waals surface area contributed by atoms with Crippen LogP contribution < -0.4 is 10.2 Å². The first-order chi connectivity index (χ1) is 8.15. The van der Waals surface area contributed by atoms with Gasteiger partial charge in [-0.3, -0.25) is 0 Å². The van der Waals surface area contributed by atoms with Gasteiger partial charge in [-0.2, -0.15) is 0 Å². The minimum Gasteiger partial charge on any atom is -0.374 e. The van der Waals surface area contributed by atoms with Crippen molar-refractivity contribution in [2.24, 2.45) is 0 Å². The molecule has 1 aromatic carbocycles. The first kappa shape index (κ1) is 11.1. The van der Waals surface area contributed by atoms with Crippen molar-refractivity contribution in [3.8, 4) is 0 Å². The van der Waals surface area contributed by atoms with E-state index in [1.54, 1.807) is 0 Å². The molecule has 0 spiro atoms. The van der Waals surface area contributed by atoms with Gasteiger partial charge in [0.15, 0.2) is 0 Å². The molecule has 2 aliphatic rings. The van der Waals surface area contributed by atoms with Gasteiger partial charge in [-0.05, 0) is 43.9 Å². The van der Waals surface area contributed by atoms with Gasteiger partial charge in [-0.1, -0.05) is 12.1 Å². The molecule has 3 unspecified atom stereocenters. The third-order valence-electron chi connectivity index (χ3n) is 4.42. The third-order valence-corrected chi connectivity index (χ3v) is 4.42. The molecule has 2 heteroatoms. The van der Waals surface area contributed by atoms with Crippen molar-refractivity contribution in [2.75, 3.05) is 18.5 Å². The van der Waals surface area contributed by atoms with Crippen molar-refractivity contribution in [1.29, 1.82) is 0 Å². The summed E-state index contributed by atoms with van der Waals surface area (Å²) in [5, 5.41) is 3.63. The molecule has 0 radical (unpaired) electrons. The maximum absolute atomic E-state index is 3.63. The Bertz CT molecular complexity index is 427. The fourth-order valence-corrected chi connectivity index (χ4v) is 3.46. The molecule has 17 heavy (non-hydrogen) atoms. The number of anilines is 1. The minimum absolute atomic E-state index is 0.613. The van der Waals surface area contributed by atoms with E-state index in [2.05, 4.69) is 49.3 Å². The molecule has 3 atom stereocenters. The number of benzene rings is 1. The number of likely N-dealkylation sites (N-methyl/N-ethyl adjacent to an activating group) is 1. The third kappa shape index (κ3) is 1.85. The van der Waals surface area contributed by atoms with E-state index >= 15 is 0 Å². The van der Waals surface area contributed by atoms with Crippen molar-refractivity contribution >= 4 is 5.69 Å². The maximum Gasteiger partial charge on any atom is 0.0397 e. The molecule has 0 aliphatic carbocycles. The summed E-state index contributed by atoms with van der Waals surface area (Å²) in [5.41, 5.74) is 4.50. The quantitative estimate of drug-likeness (QED) is 0.797. The van der Waals surface area contributed by atoms with Gasteiger partial charge in [0.05, 0.1) is 0 Å². The van der Waals surface area contributed by atoms with Gasteiger partial charge < -0.3 is 10.2 Å². The molecule has 92 valence electrons. The minimum atomic E-state index is 0.613. The van der Waals surface area contributed by atoms with Crippen molar-refractivity contribution in [3.05, 3.63) is 29.3 Å². The molecule has 1 saturated heterocycles. The Kier molecular flexibility index (Phi) is 2.62. The summed E-state index contributed by atoms with van der Waals surface area (Å²) in [6, 6.07) is 8.36. The number of hydrogen-bond donors (Lipinski definition) is 1. The van der Waals surface area contributed by atoms with Crippen LogP contribution in [0.2, 0.25) is 0 Å². The molecular formula is C15H22N2. The van der Waals surface area contributed by atoms with Crippen LogP contribution in [0.15, 0.2) is 18.2 Å². The zero-order valence-corrected chi connectivity index (χ0v) is 11.0. The second-order valence-corrected chi connectivity index (χ2v) is 5.76. The molecule has 2 heterocycles. The number of rotatable bonds is 1. The maximum atomic E-state index is 3.63. The highest BCUT2D eigenvalue weighted by Gasteiger charge is 2.30. The Balaban J connectivity index is 1.90. The van der Waals surface area contributed by atoms with E-state index in [0.717, 1.165) is 0 Å². The summed E-state index contributed by atoms with van der Waals surface area (Å²) < 4.78 is 0. The molecule has 2 aliphatic heterocycles. The normalized spacial score (nSPS) is 31.9. The first-order valence-electron chi connectivity index (χ1n) is 6.75. The summed E-state index contributed by atoms with van der Waals surface area (Å²) >= 11 is 0. The predicted octanol–water partition coefficient (Wildman–Crippen LogP) is 2.53. The highest BCUT2D eigenvalue weighted by molar-refractivity contribution is 5.58. The van der Waals surface area contributed by atoms with E-state index in [0.29, 0.717) is 18.0 Å². The van der Waals surface area contributed by atoms with Gasteiger partial charge in [0.25, 0.3) is 0 Å². The van der Waals surface area contributed by atoms with Crippen LogP contribution in [0.4, 0.5) is 5.69 Å². The van der Waals surface area contributed by atoms with E-state index < -0.39 is 0 Å². The van der Waals surface area contributed by atoms with E-state index in [9.17, 15) is 0 Å². The van der Waals surface area contributed by atoms with Crippen LogP contribution in [0.5, 0.6) is 0 Å². The summed E-state index contributed by atoms with van der Waals surface area (Å²) in [7, 11) is 2.19. The Morgan fingerprint density at radius 1 is 1.29 bits per heavy atom. The molecule has 2 nitrogen and oxygen atoms in total. The van der Waals surface area contributed by atoms with Crippen LogP contribution in [0.1, 0.15) is 37.3 Å². The van der Waals surface area contributed by atoms with E-state index in [1.807, 2.05) is 0 Å². The van der Waals surface area contributed by atoms with Crippen LogP contribution in [0.3, 0.4) is 0 Å². The lowest BCUT2D eigenvalue weighted by Crippen LogP contribution is -2.26. The van der Waals surface area contributed by atoms with E-state index in [4.69, 9.17) is 0 Å². The second-order valence-electron chi connectivity index (χ2n) is 5.76. The molecule has 1 aromatic rings. The standard InChI is InChI=1S/C15H22N2/c1-10-8-14(11(2)16-10)12-4-5-15-13(9-12)6-7-17(15)3/h4-5,9-11,14,16H,6-8H2,1-3H3. The Labute approximate surface area is 104 Å². The zero-order valence-electron chi connectivity index (χ0n) is 11.0. The molecule has 0 bridgehead atoms. The lowest BCUT2D eigenvalue weighted by molar-refractivity contribution is 0.574. The van der Waals surface area contributed by atoms with Gasteiger partial charge in [0.1, 0.15) is 0 Å². The average Bonchev–Trinajstić information content (AvgIpc) is 2.82. The second kappa shape index (κ2) is 4.02. The highest BCUT2D eigenvalue weighted by atomic mass is 15.1. The number of nitrogens with zero attached hydrogens (tertiary/aromatic N) is 1. The van der Waals surface area contributed by atoms with Crippen molar-refractivity contribution in [2.45, 2.75) is 44.7 Å². The monoisotopic (exact) mass is 230 g/mol. The van der Waals surface area contributed by atoms with E-state index in [1.165, 1.54) is 36.2 Å². The summed E-state index contributed by atoms with van der Waals surface area (Å²) in [6.45, 7) is 5.78. The molecule has 3 rings (SSSR count). The van der Waals surface area contributed by atoms with Gasteiger partial charge in [-0.25, -0.2) is 0 Å². The van der Waals surface area contributed by atoms with Crippen LogP contribution >= 0.6 is 0 Å². The van der Waals surface area contributed by atoms with Crippen molar-refractivity contribution < 1.29 is 0 Å². The molecular weight excluding hydrogens is 208 g/mol. The van der Waals surface area contributed by atoms with Gasteiger partial charge in [0.2, 0.25) is 0 Å². The Morgan fingerprint density at radius 3 is 2.82 bits per heavy atom. The number of fused-ring (bicyclic) bond motifs is 1. The Morgan fingerprint density at radius 2 is 2.12 bits per heavy atom. The number of nitrogens with one attached hydrogen (secondary N) is 1. The fraction of sp³-hybridized carbons (Fsp3) is 0.600. The van der Waals surface area contributed by atoms with E-state index in [-0.39, 0.29) is 0 Å². The highest BCUT2D eigenvalue weighted by Crippen LogP contribution is 2.35. The average molecular weight is 230 g/mol. The summed E-state index contributed by atoms with van der Waals surface area (Å²) in [5.74, 6) is 0.696. The fourth-order valence-electron chi connectivity index (χ4n) is 3.46.